The third-order valence-corrected chi connectivity index (χ3v) is 4.55. The molecule has 1 aromatic carbocycles. The van der Waals surface area contributed by atoms with Crippen molar-refractivity contribution in [3.05, 3.63) is 52.5 Å². The average molecular weight is 356 g/mol. The number of hydrogen-bond acceptors (Lipinski definition) is 6. The van der Waals surface area contributed by atoms with E-state index >= 15 is 0 Å². The number of benzene rings is 1. The first-order valence-electron chi connectivity index (χ1n) is 8.65. The molecule has 2 aliphatic heterocycles. The summed E-state index contributed by atoms with van der Waals surface area (Å²) in [6, 6.07) is 7.30. The van der Waals surface area contributed by atoms with Crippen molar-refractivity contribution in [3.63, 3.8) is 0 Å². The van der Waals surface area contributed by atoms with E-state index in [-0.39, 0.29) is 17.2 Å². The maximum Gasteiger partial charge on any atom is 0.292 e. The van der Waals surface area contributed by atoms with Crippen molar-refractivity contribution in [2.24, 2.45) is 0 Å². The zero-order valence-electron chi connectivity index (χ0n) is 14.3. The van der Waals surface area contributed by atoms with Gasteiger partial charge in [0.15, 0.2) is 0 Å². The van der Waals surface area contributed by atoms with E-state index in [1.807, 2.05) is 18.2 Å². The van der Waals surface area contributed by atoms with Gasteiger partial charge in [-0.25, -0.2) is 4.98 Å². The van der Waals surface area contributed by atoms with Crippen LogP contribution in [0.5, 0.6) is 0 Å². The Morgan fingerprint density at radius 3 is 2.73 bits per heavy atom. The van der Waals surface area contributed by atoms with Crippen LogP contribution >= 0.6 is 0 Å². The molecule has 26 heavy (non-hydrogen) atoms. The lowest BCUT2D eigenvalue weighted by atomic mass is 10.2. The Hall–Kier alpha value is -2.87. The summed E-state index contributed by atoms with van der Waals surface area (Å²) in [4.78, 5) is 35.9. The molecule has 1 fully saturated rings. The normalized spacial score (nSPS) is 18.2. The second kappa shape index (κ2) is 7.17. The topological polar surface area (TPSA) is 87.8 Å². The minimum Gasteiger partial charge on any atom is -0.494 e. The third kappa shape index (κ3) is 3.41. The van der Waals surface area contributed by atoms with E-state index in [4.69, 9.17) is 9.47 Å². The van der Waals surface area contributed by atoms with Crippen molar-refractivity contribution >= 4 is 16.8 Å². The molecule has 1 N–H and O–H groups in total. The number of carbonyl (C=O) groups is 1. The van der Waals surface area contributed by atoms with Crippen LogP contribution in [0.2, 0.25) is 0 Å². The maximum atomic E-state index is 12.4. The Kier molecular flexibility index (Phi) is 4.57. The van der Waals surface area contributed by atoms with Crippen LogP contribution in [0.4, 0.5) is 0 Å². The number of H-pyrrole nitrogens is 1. The summed E-state index contributed by atoms with van der Waals surface area (Å²) < 4.78 is 10.5. The zero-order chi connectivity index (χ0) is 17.9. The highest BCUT2D eigenvalue weighted by Crippen LogP contribution is 2.13. The minimum absolute atomic E-state index is 0.124. The lowest BCUT2D eigenvalue weighted by Crippen LogP contribution is -2.49. The molecule has 1 saturated heterocycles. The summed E-state index contributed by atoms with van der Waals surface area (Å²) in [5.74, 6) is 0.770. The van der Waals surface area contributed by atoms with Gasteiger partial charge < -0.3 is 19.4 Å². The molecule has 2 aliphatic rings. The van der Waals surface area contributed by atoms with Gasteiger partial charge in [-0.2, -0.15) is 0 Å². The van der Waals surface area contributed by atoms with Crippen molar-refractivity contribution in [2.75, 3.05) is 39.4 Å². The number of fused-ring (bicyclic) bond motifs is 1. The summed E-state index contributed by atoms with van der Waals surface area (Å²) in [6.07, 6.45) is 1.39. The van der Waals surface area contributed by atoms with Crippen LogP contribution in [0.25, 0.3) is 10.9 Å². The monoisotopic (exact) mass is 356 g/mol. The fraction of sp³-hybridized carbons (Fsp3) is 0.389. The molecule has 0 bridgehead atoms. The summed E-state index contributed by atoms with van der Waals surface area (Å²) in [6.45, 7) is 4.02. The number of nitrogens with one attached hydrogen (secondary N) is 1. The van der Waals surface area contributed by atoms with Gasteiger partial charge in [0.1, 0.15) is 25.3 Å². The van der Waals surface area contributed by atoms with Crippen LogP contribution in [0.3, 0.4) is 0 Å². The van der Waals surface area contributed by atoms with Crippen molar-refractivity contribution in [3.8, 4) is 0 Å². The molecule has 0 radical (unpaired) electrons. The first kappa shape index (κ1) is 16.6. The smallest absolute Gasteiger partial charge is 0.292 e. The highest BCUT2D eigenvalue weighted by atomic mass is 16.6. The predicted octanol–water partition coefficient (Wildman–Crippen LogP) is 0.455. The van der Waals surface area contributed by atoms with Crippen molar-refractivity contribution in [1.29, 1.82) is 0 Å². The van der Waals surface area contributed by atoms with Crippen molar-refractivity contribution in [1.82, 2.24) is 19.8 Å². The zero-order valence-corrected chi connectivity index (χ0v) is 14.3. The van der Waals surface area contributed by atoms with E-state index in [1.165, 1.54) is 6.26 Å². The molecular formula is C18H20N4O4. The number of amides is 1. The van der Waals surface area contributed by atoms with Gasteiger partial charge in [-0.3, -0.25) is 14.5 Å². The molecule has 4 rings (SSSR count). The Morgan fingerprint density at radius 1 is 1.15 bits per heavy atom. The molecule has 0 unspecified atom stereocenters. The molecule has 1 amide bonds. The molecule has 0 spiro atoms. The summed E-state index contributed by atoms with van der Waals surface area (Å²) in [7, 11) is 0. The SMILES string of the molecule is O=C(C1=COCCO1)N1CCN(Cc2nc3ccccc3c(=O)[nH]2)CC1. The minimum atomic E-state index is -0.137. The van der Waals surface area contributed by atoms with Gasteiger partial charge in [-0.05, 0) is 12.1 Å². The Labute approximate surface area is 150 Å². The van der Waals surface area contributed by atoms with Gasteiger partial charge in [0.05, 0.1) is 17.4 Å². The van der Waals surface area contributed by atoms with Gasteiger partial charge in [0.25, 0.3) is 11.5 Å². The predicted molar refractivity (Wildman–Crippen MR) is 94.2 cm³/mol. The highest BCUT2D eigenvalue weighted by Gasteiger charge is 2.26. The maximum absolute atomic E-state index is 12.4. The average Bonchev–Trinajstić information content (AvgIpc) is 2.69. The molecule has 3 heterocycles. The standard InChI is InChI=1S/C18H20N4O4/c23-17-13-3-1-2-4-14(13)19-16(20-17)11-21-5-7-22(8-6-21)18(24)15-12-25-9-10-26-15/h1-4,12H,5-11H2,(H,19,20,23). The van der Waals surface area contributed by atoms with Crippen LogP contribution < -0.4 is 5.56 Å². The number of rotatable bonds is 3. The van der Waals surface area contributed by atoms with Crippen molar-refractivity contribution in [2.45, 2.75) is 6.54 Å². The van der Waals surface area contributed by atoms with Crippen LogP contribution in [-0.4, -0.2) is 65.1 Å². The first-order chi connectivity index (χ1) is 12.7. The van der Waals surface area contributed by atoms with Crippen LogP contribution in [0.1, 0.15) is 5.82 Å². The number of para-hydroxylation sites is 1. The van der Waals surface area contributed by atoms with Crippen LogP contribution in [-0.2, 0) is 20.8 Å². The number of carbonyl (C=O) groups excluding carboxylic acids is 1. The molecule has 2 aromatic rings. The third-order valence-electron chi connectivity index (χ3n) is 4.55. The molecule has 136 valence electrons. The van der Waals surface area contributed by atoms with E-state index in [9.17, 15) is 9.59 Å². The number of aromatic amines is 1. The number of piperazine rings is 1. The number of ether oxygens (including phenoxy) is 2. The summed E-state index contributed by atoms with van der Waals surface area (Å²) in [5.41, 5.74) is 0.572. The quantitative estimate of drug-likeness (QED) is 0.859. The second-order valence-electron chi connectivity index (χ2n) is 6.30. The van der Waals surface area contributed by atoms with Crippen LogP contribution in [0, 0.1) is 0 Å². The van der Waals surface area contributed by atoms with Crippen molar-refractivity contribution < 1.29 is 14.3 Å². The Morgan fingerprint density at radius 2 is 1.96 bits per heavy atom. The Bertz CT molecular complexity index is 899. The van der Waals surface area contributed by atoms with E-state index in [1.54, 1.807) is 11.0 Å². The number of aromatic nitrogens is 2. The van der Waals surface area contributed by atoms with Gasteiger partial charge in [-0.15, -0.1) is 0 Å². The fourth-order valence-electron chi connectivity index (χ4n) is 3.17. The lowest BCUT2D eigenvalue weighted by molar-refractivity contribution is -0.134. The van der Waals surface area contributed by atoms with Crippen LogP contribution in [0.15, 0.2) is 41.1 Å². The van der Waals surface area contributed by atoms with Gasteiger partial charge >= 0.3 is 0 Å². The molecular weight excluding hydrogens is 336 g/mol. The molecule has 0 saturated carbocycles. The summed E-state index contributed by atoms with van der Waals surface area (Å²) >= 11 is 0. The van der Waals surface area contributed by atoms with E-state index in [0.717, 1.165) is 0 Å². The van der Waals surface area contributed by atoms with Gasteiger partial charge in [-0.1, -0.05) is 12.1 Å². The number of nitrogens with zero attached hydrogens (tertiary/aromatic N) is 3. The fourth-order valence-corrected chi connectivity index (χ4v) is 3.17. The van der Waals surface area contributed by atoms with Gasteiger partial charge in [0.2, 0.25) is 5.76 Å². The molecule has 0 aliphatic carbocycles. The van der Waals surface area contributed by atoms with E-state index in [0.29, 0.717) is 62.7 Å². The second-order valence-corrected chi connectivity index (χ2v) is 6.30. The van der Waals surface area contributed by atoms with E-state index in [2.05, 4.69) is 14.9 Å². The molecule has 8 nitrogen and oxygen atoms in total. The molecule has 1 aromatic heterocycles. The number of hydrogen-bond donors (Lipinski definition) is 1. The van der Waals surface area contributed by atoms with E-state index < -0.39 is 0 Å². The molecule has 8 heteroatoms. The first-order valence-corrected chi connectivity index (χ1v) is 8.65. The van der Waals surface area contributed by atoms with Gasteiger partial charge in [0, 0.05) is 26.2 Å². The molecule has 0 atom stereocenters. The largest absolute Gasteiger partial charge is 0.494 e. The Balaban J connectivity index is 1.39. The summed E-state index contributed by atoms with van der Waals surface area (Å²) in [5, 5.41) is 0.592. The highest BCUT2D eigenvalue weighted by molar-refractivity contribution is 5.91. The lowest BCUT2D eigenvalue weighted by Gasteiger charge is -2.34.